The normalized spacial score (nSPS) is 18.1. The number of nitrogens with one attached hydrogen (secondary N) is 1. The molecule has 1 aliphatic rings. The number of likely N-dealkylation sites (tertiary alicyclic amines) is 1. The lowest BCUT2D eigenvalue weighted by Gasteiger charge is -2.42. The van der Waals surface area contributed by atoms with E-state index in [0.717, 1.165) is 21.2 Å². The lowest BCUT2D eigenvalue weighted by atomic mass is 9.82. The fourth-order valence-electron chi connectivity index (χ4n) is 3.83. The molecule has 1 fully saturated rings. The SMILES string of the molecule is Nc1cc(CC2C(=O)N(C(=O)NCc3cccc4ccccc34)C2C(=O)O)ccn1. The topological polar surface area (TPSA) is 126 Å². The zero-order valence-corrected chi connectivity index (χ0v) is 16.0. The summed E-state index contributed by atoms with van der Waals surface area (Å²) in [5, 5.41) is 14.3. The third-order valence-corrected chi connectivity index (χ3v) is 5.30. The van der Waals surface area contributed by atoms with Crippen LogP contribution in [0.4, 0.5) is 10.6 Å². The minimum Gasteiger partial charge on any atom is -0.480 e. The number of aliphatic carboxylic acids is 1. The number of carboxylic acid groups (broad SMARTS) is 1. The highest BCUT2D eigenvalue weighted by Crippen LogP contribution is 2.31. The Labute approximate surface area is 172 Å². The third-order valence-electron chi connectivity index (χ3n) is 5.30. The number of amides is 3. The molecule has 8 heteroatoms. The van der Waals surface area contributed by atoms with Gasteiger partial charge in [0.1, 0.15) is 5.82 Å². The Morgan fingerprint density at radius 2 is 1.90 bits per heavy atom. The second kappa shape index (κ2) is 7.82. The standard InChI is InChI=1S/C22H20N4O4/c23-18-11-13(8-9-24-18)10-17-19(21(28)29)26(20(17)27)22(30)25-12-15-6-3-5-14-4-1-2-7-16(14)15/h1-9,11,17,19H,10,12H2,(H2,23,24)(H,25,30)(H,28,29). The molecule has 2 heterocycles. The van der Waals surface area contributed by atoms with Crippen molar-refractivity contribution in [1.82, 2.24) is 15.2 Å². The zero-order valence-electron chi connectivity index (χ0n) is 16.0. The molecule has 3 aromatic rings. The van der Waals surface area contributed by atoms with E-state index in [4.69, 9.17) is 5.73 Å². The Balaban J connectivity index is 1.47. The molecule has 1 aromatic heterocycles. The number of anilines is 1. The van der Waals surface area contributed by atoms with E-state index in [1.807, 2.05) is 42.5 Å². The number of hydrogen-bond donors (Lipinski definition) is 3. The van der Waals surface area contributed by atoms with Crippen molar-refractivity contribution in [3.63, 3.8) is 0 Å². The number of β-lactam (4-membered cyclic amide) rings is 1. The number of carbonyl (C=O) groups is 3. The van der Waals surface area contributed by atoms with Crippen molar-refractivity contribution in [2.45, 2.75) is 19.0 Å². The van der Waals surface area contributed by atoms with Gasteiger partial charge in [-0.05, 0) is 40.5 Å². The van der Waals surface area contributed by atoms with Crippen LogP contribution in [0, 0.1) is 5.92 Å². The number of urea groups is 1. The zero-order chi connectivity index (χ0) is 21.3. The van der Waals surface area contributed by atoms with E-state index in [-0.39, 0.29) is 18.8 Å². The molecule has 2 atom stereocenters. The van der Waals surface area contributed by atoms with Gasteiger partial charge in [-0.15, -0.1) is 0 Å². The molecule has 2 aromatic carbocycles. The molecule has 152 valence electrons. The highest BCUT2D eigenvalue weighted by atomic mass is 16.4. The van der Waals surface area contributed by atoms with Crippen LogP contribution in [0.2, 0.25) is 0 Å². The van der Waals surface area contributed by atoms with Crippen molar-refractivity contribution in [3.05, 3.63) is 71.9 Å². The number of pyridine rings is 1. The second-order valence-corrected chi connectivity index (χ2v) is 7.19. The first-order chi connectivity index (χ1) is 14.5. The van der Waals surface area contributed by atoms with E-state index in [1.54, 1.807) is 12.1 Å². The van der Waals surface area contributed by atoms with Gasteiger partial charge < -0.3 is 16.2 Å². The number of carbonyl (C=O) groups excluding carboxylic acids is 2. The average molecular weight is 404 g/mol. The van der Waals surface area contributed by atoms with Crippen molar-refractivity contribution in [3.8, 4) is 0 Å². The Morgan fingerprint density at radius 1 is 1.13 bits per heavy atom. The number of nitrogen functional groups attached to an aromatic ring is 1. The maximum atomic E-state index is 12.6. The summed E-state index contributed by atoms with van der Waals surface area (Å²) in [5.41, 5.74) is 7.22. The third kappa shape index (κ3) is 3.55. The molecule has 0 saturated carbocycles. The molecule has 4 rings (SSSR count). The summed E-state index contributed by atoms with van der Waals surface area (Å²) >= 11 is 0. The Kier molecular flexibility index (Phi) is 5.05. The van der Waals surface area contributed by atoms with Crippen LogP contribution in [-0.2, 0) is 22.6 Å². The van der Waals surface area contributed by atoms with E-state index >= 15 is 0 Å². The first-order valence-corrected chi connectivity index (χ1v) is 9.46. The van der Waals surface area contributed by atoms with E-state index in [2.05, 4.69) is 10.3 Å². The molecule has 8 nitrogen and oxygen atoms in total. The Morgan fingerprint density at radius 3 is 2.67 bits per heavy atom. The van der Waals surface area contributed by atoms with E-state index < -0.39 is 29.9 Å². The number of benzene rings is 2. The van der Waals surface area contributed by atoms with Crippen molar-refractivity contribution in [2.24, 2.45) is 5.92 Å². The molecular formula is C22H20N4O4. The summed E-state index contributed by atoms with van der Waals surface area (Å²) in [5.74, 6) is -2.28. The summed E-state index contributed by atoms with van der Waals surface area (Å²) in [6.45, 7) is 0.182. The van der Waals surface area contributed by atoms with Crippen LogP contribution >= 0.6 is 0 Å². The summed E-state index contributed by atoms with van der Waals surface area (Å²) in [4.78, 5) is 41.6. The fraction of sp³-hybridized carbons (Fsp3) is 0.182. The van der Waals surface area contributed by atoms with Crippen molar-refractivity contribution < 1.29 is 19.5 Å². The second-order valence-electron chi connectivity index (χ2n) is 7.19. The van der Waals surface area contributed by atoms with Gasteiger partial charge in [-0.1, -0.05) is 42.5 Å². The highest BCUT2D eigenvalue weighted by molar-refractivity contribution is 6.07. The maximum absolute atomic E-state index is 12.6. The van der Waals surface area contributed by atoms with E-state index in [9.17, 15) is 19.5 Å². The van der Waals surface area contributed by atoms with Crippen LogP contribution in [-0.4, -0.2) is 38.9 Å². The van der Waals surface area contributed by atoms with E-state index in [1.165, 1.54) is 6.20 Å². The minimum absolute atomic E-state index is 0.176. The van der Waals surface area contributed by atoms with E-state index in [0.29, 0.717) is 5.56 Å². The average Bonchev–Trinajstić information content (AvgIpc) is 2.73. The monoisotopic (exact) mass is 404 g/mol. The van der Waals surface area contributed by atoms with Gasteiger partial charge in [0.2, 0.25) is 5.91 Å². The lowest BCUT2D eigenvalue weighted by molar-refractivity contribution is -0.165. The molecule has 1 aliphatic heterocycles. The molecule has 3 amide bonds. The number of hydrogen-bond acceptors (Lipinski definition) is 5. The molecule has 0 radical (unpaired) electrons. The first kappa shape index (κ1) is 19.4. The quantitative estimate of drug-likeness (QED) is 0.560. The molecule has 0 spiro atoms. The number of imide groups is 1. The van der Waals surface area contributed by atoms with Crippen LogP contribution in [0.3, 0.4) is 0 Å². The van der Waals surface area contributed by atoms with Crippen LogP contribution < -0.4 is 11.1 Å². The van der Waals surface area contributed by atoms with Gasteiger partial charge in [-0.3, -0.25) is 4.79 Å². The molecule has 30 heavy (non-hydrogen) atoms. The lowest BCUT2D eigenvalue weighted by Crippen LogP contribution is -2.68. The first-order valence-electron chi connectivity index (χ1n) is 9.46. The van der Waals surface area contributed by atoms with Gasteiger partial charge in [-0.25, -0.2) is 19.5 Å². The van der Waals surface area contributed by atoms with Gasteiger partial charge in [0, 0.05) is 12.7 Å². The number of carboxylic acids is 1. The smallest absolute Gasteiger partial charge is 0.327 e. The largest absolute Gasteiger partial charge is 0.480 e. The Bertz CT molecular complexity index is 1140. The van der Waals surface area contributed by atoms with Crippen LogP contribution in [0.25, 0.3) is 10.8 Å². The van der Waals surface area contributed by atoms with Gasteiger partial charge in [0.15, 0.2) is 6.04 Å². The maximum Gasteiger partial charge on any atom is 0.327 e. The van der Waals surface area contributed by atoms with Gasteiger partial charge in [-0.2, -0.15) is 0 Å². The van der Waals surface area contributed by atoms with Crippen molar-refractivity contribution >= 4 is 34.5 Å². The summed E-state index contributed by atoms with van der Waals surface area (Å²) in [7, 11) is 0. The number of aromatic nitrogens is 1. The van der Waals surface area contributed by atoms with Crippen LogP contribution in [0.15, 0.2) is 60.8 Å². The van der Waals surface area contributed by atoms with Crippen molar-refractivity contribution in [1.29, 1.82) is 0 Å². The predicted octanol–water partition coefficient (Wildman–Crippen LogP) is 2.18. The summed E-state index contributed by atoms with van der Waals surface area (Å²) in [6, 6.07) is 14.8. The molecule has 2 unspecified atom stereocenters. The summed E-state index contributed by atoms with van der Waals surface area (Å²) < 4.78 is 0. The minimum atomic E-state index is -1.22. The van der Waals surface area contributed by atoms with Crippen LogP contribution in [0.1, 0.15) is 11.1 Å². The molecule has 1 saturated heterocycles. The number of nitrogens with zero attached hydrogens (tertiary/aromatic N) is 2. The Hall–Kier alpha value is -3.94. The number of rotatable bonds is 5. The van der Waals surface area contributed by atoms with Crippen molar-refractivity contribution in [2.75, 3.05) is 5.73 Å². The molecule has 4 N–H and O–H groups in total. The fourth-order valence-corrected chi connectivity index (χ4v) is 3.83. The van der Waals surface area contributed by atoms with Gasteiger partial charge in [0.25, 0.3) is 0 Å². The molecular weight excluding hydrogens is 384 g/mol. The predicted molar refractivity (Wildman–Crippen MR) is 110 cm³/mol. The van der Waals surface area contributed by atoms with Gasteiger partial charge in [0.05, 0.1) is 5.92 Å². The number of nitrogens with two attached hydrogens (primary N) is 1. The summed E-state index contributed by atoms with van der Waals surface area (Å²) in [6.07, 6.45) is 1.67. The van der Waals surface area contributed by atoms with Crippen LogP contribution in [0.5, 0.6) is 0 Å². The highest BCUT2D eigenvalue weighted by Gasteiger charge is 2.54. The van der Waals surface area contributed by atoms with Gasteiger partial charge >= 0.3 is 12.0 Å². The molecule has 0 aliphatic carbocycles. The number of fused-ring (bicyclic) bond motifs is 1. The molecule has 0 bridgehead atoms.